The van der Waals surface area contributed by atoms with Crippen molar-refractivity contribution in [3.8, 4) is 5.75 Å². The van der Waals surface area contributed by atoms with E-state index in [-0.39, 0.29) is 24.7 Å². The third kappa shape index (κ3) is 4.11. The monoisotopic (exact) mass is 334 g/mol. The third-order valence-corrected chi connectivity index (χ3v) is 4.78. The molecular weight excluding hydrogens is 307 g/mol. The van der Waals surface area contributed by atoms with Gasteiger partial charge in [0, 0.05) is 6.42 Å². The fourth-order valence-corrected chi connectivity index (χ4v) is 2.55. The van der Waals surface area contributed by atoms with Gasteiger partial charge in [-0.3, -0.25) is 4.79 Å². The highest BCUT2D eigenvalue weighted by Crippen LogP contribution is 2.36. The summed E-state index contributed by atoms with van der Waals surface area (Å²) in [4.78, 5) is 10.5. The molecular formula is C18H27BO5. The van der Waals surface area contributed by atoms with E-state index >= 15 is 0 Å². The Morgan fingerprint density at radius 2 is 1.83 bits per heavy atom. The van der Waals surface area contributed by atoms with Crippen LogP contribution >= 0.6 is 0 Å². The number of carboxylic acid groups (broad SMARTS) is 1. The lowest BCUT2D eigenvalue weighted by atomic mass is 9.78. The van der Waals surface area contributed by atoms with Crippen LogP contribution in [0.3, 0.4) is 0 Å². The SMILES string of the molecule is CCc1cc(B2OC(C)(C)C(C)(C)O2)ccc1OCCCC(=O)O. The fraction of sp³-hybridized carbons (Fsp3) is 0.611. The molecule has 1 aromatic rings. The van der Waals surface area contributed by atoms with Gasteiger partial charge in [-0.1, -0.05) is 19.1 Å². The molecule has 0 radical (unpaired) electrons. The Balaban J connectivity index is 2.08. The molecule has 2 rings (SSSR count). The maximum atomic E-state index is 10.5. The molecule has 1 N–H and O–H groups in total. The van der Waals surface area contributed by atoms with Crippen LogP contribution in [0.15, 0.2) is 18.2 Å². The lowest BCUT2D eigenvalue weighted by Crippen LogP contribution is -2.41. The quantitative estimate of drug-likeness (QED) is 0.614. The van der Waals surface area contributed by atoms with Gasteiger partial charge in [-0.2, -0.15) is 0 Å². The number of benzene rings is 1. The molecule has 1 aliphatic rings. The Morgan fingerprint density at radius 1 is 1.21 bits per heavy atom. The molecule has 0 spiro atoms. The molecule has 0 atom stereocenters. The molecule has 6 heteroatoms. The van der Waals surface area contributed by atoms with Crippen LogP contribution < -0.4 is 10.2 Å². The van der Waals surface area contributed by atoms with E-state index in [2.05, 4.69) is 13.0 Å². The first-order valence-corrected chi connectivity index (χ1v) is 8.49. The Kier molecular flexibility index (Phi) is 5.61. The summed E-state index contributed by atoms with van der Waals surface area (Å²) in [6, 6.07) is 5.92. The van der Waals surface area contributed by atoms with E-state index in [1.807, 2.05) is 39.8 Å². The van der Waals surface area contributed by atoms with Crippen molar-refractivity contribution in [1.82, 2.24) is 0 Å². The predicted octanol–water partition coefficient (Wildman–Crippen LogP) is 2.79. The van der Waals surface area contributed by atoms with Gasteiger partial charge in [0.15, 0.2) is 0 Å². The summed E-state index contributed by atoms with van der Waals surface area (Å²) in [5, 5.41) is 8.67. The second kappa shape index (κ2) is 7.15. The van der Waals surface area contributed by atoms with E-state index in [4.69, 9.17) is 19.2 Å². The molecule has 1 fully saturated rings. The van der Waals surface area contributed by atoms with Crippen molar-refractivity contribution in [2.45, 2.75) is 65.1 Å². The van der Waals surface area contributed by atoms with Gasteiger partial charge < -0.3 is 19.2 Å². The topological polar surface area (TPSA) is 65.0 Å². The molecule has 1 aromatic carbocycles. The van der Waals surface area contributed by atoms with Crippen LogP contribution in [0.5, 0.6) is 5.75 Å². The minimum Gasteiger partial charge on any atom is -0.493 e. The summed E-state index contributed by atoms with van der Waals surface area (Å²) in [6.45, 7) is 10.6. The zero-order chi connectivity index (χ0) is 18.0. The van der Waals surface area contributed by atoms with Crippen molar-refractivity contribution < 1.29 is 23.9 Å². The van der Waals surface area contributed by atoms with E-state index in [0.29, 0.717) is 13.0 Å². The molecule has 0 unspecified atom stereocenters. The van der Waals surface area contributed by atoms with Gasteiger partial charge in [0.1, 0.15) is 5.75 Å². The Hall–Kier alpha value is -1.53. The summed E-state index contributed by atoms with van der Waals surface area (Å²) in [6.07, 6.45) is 1.44. The minimum absolute atomic E-state index is 0.119. The highest BCUT2D eigenvalue weighted by molar-refractivity contribution is 6.62. The van der Waals surface area contributed by atoms with Crippen molar-refractivity contribution >= 4 is 18.6 Å². The van der Waals surface area contributed by atoms with Gasteiger partial charge >= 0.3 is 13.1 Å². The first-order chi connectivity index (χ1) is 11.2. The summed E-state index contributed by atoms with van der Waals surface area (Å²) < 4.78 is 17.9. The number of hydrogen-bond acceptors (Lipinski definition) is 4. The number of carboxylic acids is 1. The molecule has 0 aliphatic carbocycles. The summed E-state index contributed by atoms with van der Waals surface area (Å²) in [7, 11) is -0.388. The van der Waals surface area contributed by atoms with Gasteiger partial charge in [0.2, 0.25) is 0 Å². The van der Waals surface area contributed by atoms with Crippen LogP contribution in [0.25, 0.3) is 0 Å². The van der Waals surface area contributed by atoms with Crippen molar-refractivity contribution in [2.24, 2.45) is 0 Å². The number of hydrogen-bond donors (Lipinski definition) is 1. The number of rotatable bonds is 7. The Labute approximate surface area is 144 Å². The van der Waals surface area contributed by atoms with Crippen LogP contribution in [-0.2, 0) is 20.5 Å². The van der Waals surface area contributed by atoms with Crippen LogP contribution in [-0.4, -0.2) is 36.0 Å². The average molecular weight is 334 g/mol. The van der Waals surface area contributed by atoms with Gasteiger partial charge in [-0.15, -0.1) is 0 Å². The number of aliphatic carboxylic acids is 1. The van der Waals surface area contributed by atoms with Gasteiger partial charge in [0.25, 0.3) is 0 Å². The molecule has 1 heterocycles. The van der Waals surface area contributed by atoms with Gasteiger partial charge in [-0.05, 0) is 57.6 Å². The van der Waals surface area contributed by atoms with Gasteiger partial charge in [-0.25, -0.2) is 0 Å². The predicted molar refractivity (Wildman–Crippen MR) is 93.9 cm³/mol. The van der Waals surface area contributed by atoms with E-state index in [0.717, 1.165) is 23.2 Å². The second-order valence-corrected chi connectivity index (χ2v) is 7.15. The van der Waals surface area contributed by atoms with Crippen molar-refractivity contribution in [3.05, 3.63) is 23.8 Å². The molecule has 1 saturated heterocycles. The van der Waals surface area contributed by atoms with Crippen molar-refractivity contribution in [3.63, 3.8) is 0 Å². The molecule has 5 nitrogen and oxygen atoms in total. The molecule has 0 aromatic heterocycles. The van der Waals surface area contributed by atoms with Gasteiger partial charge in [0.05, 0.1) is 17.8 Å². The van der Waals surface area contributed by atoms with Crippen LogP contribution in [0, 0.1) is 0 Å². The zero-order valence-corrected chi connectivity index (χ0v) is 15.2. The Bertz CT molecular complexity index is 581. The highest BCUT2D eigenvalue weighted by atomic mass is 16.7. The van der Waals surface area contributed by atoms with Crippen molar-refractivity contribution in [1.29, 1.82) is 0 Å². The maximum Gasteiger partial charge on any atom is 0.494 e. The molecule has 0 saturated carbocycles. The van der Waals surface area contributed by atoms with Crippen LogP contribution in [0.1, 0.15) is 53.0 Å². The highest BCUT2D eigenvalue weighted by Gasteiger charge is 2.51. The molecule has 0 amide bonds. The fourth-order valence-electron chi connectivity index (χ4n) is 2.55. The zero-order valence-electron chi connectivity index (χ0n) is 15.2. The standard InChI is InChI=1S/C18H27BO5/c1-6-13-12-14(19-23-17(2,3)18(4,5)24-19)9-10-15(13)22-11-7-8-16(20)21/h9-10,12H,6-8,11H2,1-5H3,(H,20,21). The number of carbonyl (C=O) groups is 1. The summed E-state index contributed by atoms with van der Waals surface area (Å²) in [5.74, 6) is -0.00595. The molecule has 24 heavy (non-hydrogen) atoms. The first-order valence-electron chi connectivity index (χ1n) is 8.49. The lowest BCUT2D eigenvalue weighted by molar-refractivity contribution is -0.137. The second-order valence-electron chi connectivity index (χ2n) is 7.15. The smallest absolute Gasteiger partial charge is 0.493 e. The normalized spacial score (nSPS) is 18.6. The third-order valence-electron chi connectivity index (χ3n) is 4.78. The molecule has 0 bridgehead atoms. The van der Waals surface area contributed by atoms with E-state index in [9.17, 15) is 4.79 Å². The number of ether oxygens (including phenoxy) is 1. The first kappa shape index (κ1) is 18.8. The van der Waals surface area contributed by atoms with Crippen LogP contribution in [0.2, 0.25) is 0 Å². The lowest BCUT2D eigenvalue weighted by Gasteiger charge is -2.32. The van der Waals surface area contributed by atoms with Crippen molar-refractivity contribution in [2.75, 3.05) is 6.61 Å². The summed E-state index contributed by atoms with van der Waals surface area (Å²) in [5.41, 5.74) is 1.31. The van der Waals surface area contributed by atoms with E-state index in [1.54, 1.807) is 0 Å². The Morgan fingerprint density at radius 3 is 2.38 bits per heavy atom. The largest absolute Gasteiger partial charge is 0.494 e. The van der Waals surface area contributed by atoms with Crippen LogP contribution in [0.4, 0.5) is 0 Å². The van der Waals surface area contributed by atoms with E-state index in [1.165, 1.54) is 0 Å². The maximum absolute atomic E-state index is 10.5. The molecule has 1 aliphatic heterocycles. The molecule has 132 valence electrons. The minimum atomic E-state index is -0.801. The van der Waals surface area contributed by atoms with E-state index < -0.39 is 5.97 Å². The average Bonchev–Trinajstić information content (AvgIpc) is 2.71. The summed E-state index contributed by atoms with van der Waals surface area (Å²) >= 11 is 0. The number of aryl methyl sites for hydroxylation is 1.